The van der Waals surface area contributed by atoms with Crippen LogP contribution in [0.5, 0.6) is 0 Å². The molecule has 0 unspecified atom stereocenters. The zero-order valence-electron chi connectivity index (χ0n) is 13.3. The smallest absolute Gasteiger partial charge is 0.318 e. The van der Waals surface area contributed by atoms with Crippen LogP contribution in [-0.4, -0.2) is 22.6 Å². The lowest BCUT2D eigenvalue weighted by Crippen LogP contribution is -2.39. The van der Waals surface area contributed by atoms with Gasteiger partial charge >= 0.3 is 6.03 Å². The molecule has 3 rings (SSSR count). The number of nitrogens with one attached hydrogen (secondary N) is 1. The van der Waals surface area contributed by atoms with Crippen LogP contribution >= 0.6 is 0 Å². The van der Waals surface area contributed by atoms with Crippen LogP contribution in [0.1, 0.15) is 41.5 Å². The molecule has 5 nitrogen and oxygen atoms in total. The summed E-state index contributed by atoms with van der Waals surface area (Å²) in [5.74, 6) is 0.494. The molecule has 1 atom stereocenters. The van der Waals surface area contributed by atoms with Gasteiger partial charge < -0.3 is 14.7 Å². The summed E-state index contributed by atoms with van der Waals surface area (Å²) in [4.78, 5) is 14.2. The SMILES string of the molecule is Cc1cc([C@H]2CCCN2C(=O)NCc2ccc(F)c(C)c2)on1. The molecule has 0 spiro atoms. The number of likely N-dealkylation sites (tertiary alicyclic amines) is 1. The Kier molecular flexibility index (Phi) is 4.32. The summed E-state index contributed by atoms with van der Waals surface area (Å²) in [7, 11) is 0. The summed E-state index contributed by atoms with van der Waals surface area (Å²) in [6.07, 6.45) is 1.81. The van der Waals surface area contributed by atoms with E-state index in [0.29, 0.717) is 18.7 Å². The molecule has 1 aliphatic heterocycles. The highest BCUT2D eigenvalue weighted by atomic mass is 19.1. The number of carbonyl (C=O) groups excluding carboxylic acids is 1. The van der Waals surface area contributed by atoms with Crippen molar-refractivity contribution in [1.82, 2.24) is 15.4 Å². The molecule has 2 aromatic rings. The number of rotatable bonds is 3. The second-order valence-electron chi connectivity index (χ2n) is 5.96. The number of aromatic nitrogens is 1. The fourth-order valence-electron chi connectivity index (χ4n) is 2.94. The van der Waals surface area contributed by atoms with Gasteiger partial charge in [0.2, 0.25) is 0 Å². The maximum atomic E-state index is 13.3. The molecule has 1 aromatic carbocycles. The molecule has 1 aliphatic rings. The van der Waals surface area contributed by atoms with Crippen molar-refractivity contribution in [2.24, 2.45) is 0 Å². The number of aryl methyl sites for hydroxylation is 2. The summed E-state index contributed by atoms with van der Waals surface area (Å²) in [6, 6.07) is 6.53. The van der Waals surface area contributed by atoms with Gasteiger partial charge in [0.15, 0.2) is 5.76 Å². The first-order valence-electron chi connectivity index (χ1n) is 7.77. The first-order valence-corrected chi connectivity index (χ1v) is 7.77. The molecule has 23 heavy (non-hydrogen) atoms. The van der Waals surface area contributed by atoms with Crippen molar-refractivity contribution in [2.75, 3.05) is 6.54 Å². The molecule has 1 fully saturated rings. The summed E-state index contributed by atoms with van der Waals surface area (Å²) < 4.78 is 18.6. The highest BCUT2D eigenvalue weighted by Gasteiger charge is 2.32. The van der Waals surface area contributed by atoms with E-state index in [9.17, 15) is 9.18 Å². The number of benzene rings is 1. The maximum Gasteiger partial charge on any atom is 0.318 e. The van der Waals surface area contributed by atoms with Gasteiger partial charge in [-0.05, 0) is 43.9 Å². The minimum absolute atomic E-state index is 0.0637. The average molecular weight is 317 g/mol. The number of carbonyl (C=O) groups is 1. The van der Waals surface area contributed by atoms with Gasteiger partial charge in [0.1, 0.15) is 5.82 Å². The van der Waals surface area contributed by atoms with Crippen LogP contribution in [0.25, 0.3) is 0 Å². The molecule has 0 saturated carbocycles. The molecule has 1 saturated heterocycles. The fourth-order valence-corrected chi connectivity index (χ4v) is 2.94. The Labute approximate surface area is 134 Å². The van der Waals surface area contributed by atoms with Crippen LogP contribution in [0, 0.1) is 19.7 Å². The van der Waals surface area contributed by atoms with E-state index in [4.69, 9.17) is 4.52 Å². The van der Waals surface area contributed by atoms with Crippen molar-refractivity contribution in [2.45, 2.75) is 39.3 Å². The summed E-state index contributed by atoms with van der Waals surface area (Å²) in [5, 5.41) is 6.79. The van der Waals surface area contributed by atoms with Crippen molar-refractivity contribution < 1.29 is 13.7 Å². The molecule has 0 bridgehead atoms. The van der Waals surface area contributed by atoms with E-state index in [1.165, 1.54) is 6.07 Å². The minimum Gasteiger partial charge on any atom is -0.359 e. The average Bonchev–Trinajstić information content (AvgIpc) is 3.16. The third-order valence-corrected chi connectivity index (χ3v) is 4.15. The molecule has 1 aromatic heterocycles. The van der Waals surface area contributed by atoms with Gasteiger partial charge in [0, 0.05) is 19.2 Å². The summed E-state index contributed by atoms with van der Waals surface area (Å²) in [5.41, 5.74) is 2.27. The Morgan fingerprint density at radius 3 is 2.96 bits per heavy atom. The van der Waals surface area contributed by atoms with Gasteiger partial charge in [-0.15, -0.1) is 0 Å². The number of hydrogen-bond donors (Lipinski definition) is 1. The Morgan fingerprint density at radius 2 is 2.26 bits per heavy atom. The van der Waals surface area contributed by atoms with Gasteiger partial charge in [-0.25, -0.2) is 9.18 Å². The van der Waals surface area contributed by atoms with E-state index in [1.54, 1.807) is 24.0 Å². The number of nitrogens with zero attached hydrogens (tertiary/aromatic N) is 2. The standard InChI is InChI=1S/C17H20FN3O2/c1-11-8-13(5-6-14(11)18)10-19-17(22)21-7-3-4-15(21)16-9-12(2)20-23-16/h5-6,8-9,15H,3-4,7,10H2,1-2H3,(H,19,22)/t15-/m1/s1. The fraction of sp³-hybridized carbons (Fsp3) is 0.412. The molecule has 2 amide bonds. The monoisotopic (exact) mass is 317 g/mol. The number of amides is 2. The minimum atomic E-state index is -0.236. The second kappa shape index (κ2) is 6.40. The number of hydrogen-bond acceptors (Lipinski definition) is 3. The van der Waals surface area contributed by atoms with Gasteiger partial charge in [0.25, 0.3) is 0 Å². The molecule has 2 heterocycles. The third kappa shape index (κ3) is 3.36. The van der Waals surface area contributed by atoms with Crippen molar-refractivity contribution in [3.05, 3.63) is 52.7 Å². The Bertz CT molecular complexity index is 714. The third-order valence-electron chi connectivity index (χ3n) is 4.15. The number of urea groups is 1. The highest BCUT2D eigenvalue weighted by Crippen LogP contribution is 2.32. The van der Waals surface area contributed by atoms with E-state index < -0.39 is 0 Å². The molecule has 6 heteroatoms. The zero-order valence-corrected chi connectivity index (χ0v) is 13.3. The maximum absolute atomic E-state index is 13.3. The largest absolute Gasteiger partial charge is 0.359 e. The lowest BCUT2D eigenvalue weighted by atomic mass is 10.1. The second-order valence-corrected chi connectivity index (χ2v) is 5.96. The van der Waals surface area contributed by atoms with Gasteiger partial charge in [-0.1, -0.05) is 17.3 Å². The Balaban J connectivity index is 1.64. The van der Waals surface area contributed by atoms with Crippen molar-refractivity contribution in [3.63, 3.8) is 0 Å². The molecular weight excluding hydrogens is 297 g/mol. The molecule has 0 aliphatic carbocycles. The van der Waals surface area contributed by atoms with Gasteiger partial charge in [-0.3, -0.25) is 0 Å². The van der Waals surface area contributed by atoms with Crippen LogP contribution in [0.2, 0.25) is 0 Å². The van der Waals surface area contributed by atoms with Crippen molar-refractivity contribution >= 4 is 6.03 Å². The Hall–Kier alpha value is -2.37. The van der Waals surface area contributed by atoms with E-state index in [0.717, 1.165) is 29.9 Å². The lowest BCUT2D eigenvalue weighted by Gasteiger charge is -2.23. The normalized spacial score (nSPS) is 17.5. The van der Waals surface area contributed by atoms with Crippen LogP contribution in [0.4, 0.5) is 9.18 Å². The predicted octanol–water partition coefficient (Wildman–Crippen LogP) is 3.48. The molecule has 1 N–H and O–H groups in total. The summed E-state index contributed by atoms with van der Waals surface area (Å²) in [6.45, 7) is 4.64. The van der Waals surface area contributed by atoms with E-state index >= 15 is 0 Å². The quantitative estimate of drug-likeness (QED) is 0.943. The van der Waals surface area contributed by atoms with Crippen LogP contribution in [0.15, 0.2) is 28.8 Å². The van der Waals surface area contributed by atoms with Gasteiger partial charge in [0.05, 0.1) is 11.7 Å². The number of halogens is 1. The lowest BCUT2D eigenvalue weighted by molar-refractivity contribution is 0.182. The van der Waals surface area contributed by atoms with Crippen LogP contribution in [0.3, 0.4) is 0 Å². The van der Waals surface area contributed by atoms with Crippen LogP contribution < -0.4 is 5.32 Å². The molecule has 0 radical (unpaired) electrons. The predicted molar refractivity (Wildman–Crippen MR) is 83.3 cm³/mol. The molecule has 122 valence electrons. The summed E-state index contributed by atoms with van der Waals surface area (Å²) >= 11 is 0. The highest BCUT2D eigenvalue weighted by molar-refractivity contribution is 5.75. The Morgan fingerprint density at radius 1 is 1.43 bits per heavy atom. The zero-order chi connectivity index (χ0) is 16.4. The van der Waals surface area contributed by atoms with Crippen molar-refractivity contribution in [3.8, 4) is 0 Å². The first kappa shape index (κ1) is 15.5. The van der Waals surface area contributed by atoms with E-state index in [2.05, 4.69) is 10.5 Å². The van der Waals surface area contributed by atoms with Crippen LogP contribution in [-0.2, 0) is 6.54 Å². The molecular formula is C17H20FN3O2. The van der Waals surface area contributed by atoms with E-state index in [-0.39, 0.29) is 17.9 Å². The first-order chi connectivity index (χ1) is 11.0. The van der Waals surface area contributed by atoms with Crippen molar-refractivity contribution in [1.29, 1.82) is 0 Å². The van der Waals surface area contributed by atoms with E-state index in [1.807, 2.05) is 13.0 Å². The topological polar surface area (TPSA) is 58.4 Å². The van der Waals surface area contributed by atoms with Gasteiger partial charge in [-0.2, -0.15) is 0 Å².